The molecule has 0 bridgehead atoms. The van der Waals surface area contributed by atoms with Gasteiger partial charge in [0.15, 0.2) is 10.2 Å². The molecule has 2 aromatic carbocycles. The van der Waals surface area contributed by atoms with E-state index in [1.807, 2.05) is 48.5 Å². The van der Waals surface area contributed by atoms with Gasteiger partial charge in [0.1, 0.15) is 24.7 Å². The van der Waals surface area contributed by atoms with Crippen molar-refractivity contribution in [2.45, 2.75) is 0 Å². The summed E-state index contributed by atoms with van der Waals surface area (Å²) in [6.07, 6.45) is 3.17. The zero-order valence-electron chi connectivity index (χ0n) is 16.7. The standard InChI is InChI=1S/C20H24N6O3S2/c21-19(30)25-23-13-15-5-1-3-7-17(15)28-11-9-27-10-12-29-18-8-4-2-6-16(18)14-24-26-20(22)31/h1-8,13-14H,9-12H2,(H3,21,25,30)(H3,22,26,31). The van der Waals surface area contributed by atoms with Crippen LogP contribution in [0.15, 0.2) is 58.7 Å². The Morgan fingerprint density at radius 3 is 1.58 bits per heavy atom. The lowest BCUT2D eigenvalue weighted by molar-refractivity contribution is 0.0764. The van der Waals surface area contributed by atoms with Crippen molar-refractivity contribution in [2.75, 3.05) is 26.4 Å². The van der Waals surface area contributed by atoms with Crippen LogP contribution in [0.3, 0.4) is 0 Å². The predicted octanol–water partition coefficient (Wildman–Crippen LogP) is 1.50. The molecule has 0 saturated carbocycles. The molecule has 0 heterocycles. The van der Waals surface area contributed by atoms with Gasteiger partial charge in [-0.15, -0.1) is 0 Å². The first kappa shape index (κ1) is 24.0. The second-order valence-corrected chi connectivity index (χ2v) is 6.73. The summed E-state index contributed by atoms with van der Waals surface area (Å²) >= 11 is 9.41. The number of para-hydroxylation sites is 2. The topological polar surface area (TPSA) is 129 Å². The quantitative estimate of drug-likeness (QED) is 0.161. The van der Waals surface area contributed by atoms with E-state index in [4.69, 9.17) is 50.1 Å². The SMILES string of the molecule is NC(=S)NN=Cc1ccccc1OCCOCCOc1ccccc1C=NNC(N)=S. The number of hydrogen-bond donors (Lipinski definition) is 4. The van der Waals surface area contributed by atoms with Crippen LogP contribution in [-0.2, 0) is 4.74 Å². The number of thiocarbonyl (C=S) groups is 2. The van der Waals surface area contributed by atoms with Gasteiger partial charge in [0.05, 0.1) is 25.6 Å². The Hall–Kier alpha value is -3.28. The van der Waals surface area contributed by atoms with Gasteiger partial charge in [-0.1, -0.05) is 24.3 Å². The number of nitrogens with two attached hydrogens (primary N) is 2. The first-order chi connectivity index (χ1) is 15.1. The largest absolute Gasteiger partial charge is 0.491 e. The summed E-state index contributed by atoms with van der Waals surface area (Å²) in [7, 11) is 0. The van der Waals surface area contributed by atoms with E-state index < -0.39 is 0 Å². The number of hydrazone groups is 2. The fourth-order valence-electron chi connectivity index (χ4n) is 2.29. The molecule has 0 radical (unpaired) electrons. The zero-order valence-corrected chi connectivity index (χ0v) is 18.3. The minimum Gasteiger partial charge on any atom is -0.491 e. The number of nitrogens with zero attached hydrogens (tertiary/aromatic N) is 2. The predicted molar refractivity (Wildman–Crippen MR) is 130 cm³/mol. The van der Waals surface area contributed by atoms with Gasteiger partial charge in [0.25, 0.3) is 0 Å². The molecular weight excluding hydrogens is 436 g/mol. The molecule has 11 heteroatoms. The summed E-state index contributed by atoms with van der Waals surface area (Å²) in [5.74, 6) is 1.35. The van der Waals surface area contributed by atoms with Crippen molar-refractivity contribution < 1.29 is 14.2 Å². The van der Waals surface area contributed by atoms with Crippen LogP contribution < -0.4 is 31.8 Å². The smallest absolute Gasteiger partial charge is 0.184 e. The van der Waals surface area contributed by atoms with Gasteiger partial charge in [-0.05, 0) is 48.7 Å². The Kier molecular flexibility index (Phi) is 10.7. The first-order valence-corrected chi connectivity index (χ1v) is 10.1. The van der Waals surface area contributed by atoms with E-state index in [1.165, 1.54) is 0 Å². The van der Waals surface area contributed by atoms with Crippen LogP contribution in [0, 0.1) is 0 Å². The molecule has 164 valence electrons. The van der Waals surface area contributed by atoms with Crippen LogP contribution in [0.2, 0.25) is 0 Å². The average molecular weight is 461 g/mol. The first-order valence-electron chi connectivity index (χ1n) is 9.24. The molecular formula is C20H24N6O3S2. The summed E-state index contributed by atoms with van der Waals surface area (Å²) in [4.78, 5) is 0. The highest BCUT2D eigenvalue weighted by atomic mass is 32.1. The van der Waals surface area contributed by atoms with Crippen molar-refractivity contribution in [3.63, 3.8) is 0 Å². The van der Waals surface area contributed by atoms with Crippen molar-refractivity contribution in [3.05, 3.63) is 59.7 Å². The molecule has 2 aromatic rings. The normalized spacial score (nSPS) is 10.8. The third-order valence-corrected chi connectivity index (χ3v) is 3.75. The second-order valence-electron chi connectivity index (χ2n) is 5.85. The van der Waals surface area contributed by atoms with Gasteiger partial charge in [-0.2, -0.15) is 10.2 Å². The van der Waals surface area contributed by atoms with Crippen LogP contribution in [0.1, 0.15) is 11.1 Å². The molecule has 31 heavy (non-hydrogen) atoms. The minimum absolute atomic E-state index is 0.0940. The van der Waals surface area contributed by atoms with Gasteiger partial charge < -0.3 is 25.7 Å². The molecule has 2 rings (SSSR count). The van der Waals surface area contributed by atoms with Crippen LogP contribution in [0.4, 0.5) is 0 Å². The number of benzene rings is 2. The third kappa shape index (κ3) is 9.85. The highest BCUT2D eigenvalue weighted by Gasteiger charge is 2.02. The van der Waals surface area contributed by atoms with E-state index in [-0.39, 0.29) is 10.2 Å². The highest BCUT2D eigenvalue weighted by molar-refractivity contribution is 7.80. The van der Waals surface area contributed by atoms with E-state index >= 15 is 0 Å². The van der Waals surface area contributed by atoms with Gasteiger partial charge in [-0.25, -0.2) is 0 Å². The summed E-state index contributed by atoms with van der Waals surface area (Å²) in [6.45, 7) is 1.56. The van der Waals surface area contributed by atoms with Gasteiger partial charge in [-0.3, -0.25) is 10.9 Å². The monoisotopic (exact) mass is 460 g/mol. The summed E-state index contributed by atoms with van der Waals surface area (Å²) in [5.41, 5.74) is 17.3. The van der Waals surface area contributed by atoms with Crippen molar-refractivity contribution in [1.82, 2.24) is 10.9 Å². The Bertz CT molecular complexity index is 850. The van der Waals surface area contributed by atoms with Crippen molar-refractivity contribution >= 4 is 47.1 Å². The molecule has 0 saturated heterocycles. The van der Waals surface area contributed by atoms with Crippen molar-refractivity contribution in [3.8, 4) is 11.5 Å². The van der Waals surface area contributed by atoms with E-state index in [2.05, 4.69) is 21.1 Å². The molecule has 6 N–H and O–H groups in total. The lowest BCUT2D eigenvalue weighted by Gasteiger charge is -2.11. The van der Waals surface area contributed by atoms with Gasteiger partial charge in [0, 0.05) is 11.1 Å². The molecule has 0 aliphatic carbocycles. The van der Waals surface area contributed by atoms with Crippen LogP contribution in [-0.4, -0.2) is 49.1 Å². The molecule has 0 unspecified atom stereocenters. The average Bonchev–Trinajstić information content (AvgIpc) is 2.74. The maximum absolute atomic E-state index is 5.75. The van der Waals surface area contributed by atoms with E-state index in [9.17, 15) is 0 Å². The number of rotatable bonds is 12. The van der Waals surface area contributed by atoms with Gasteiger partial charge in [0.2, 0.25) is 0 Å². The van der Waals surface area contributed by atoms with E-state index in [1.54, 1.807) is 12.4 Å². The van der Waals surface area contributed by atoms with Crippen LogP contribution in [0.25, 0.3) is 0 Å². The summed E-state index contributed by atoms with van der Waals surface area (Å²) in [6, 6.07) is 14.9. The lowest BCUT2D eigenvalue weighted by atomic mass is 10.2. The van der Waals surface area contributed by atoms with Crippen LogP contribution >= 0.6 is 24.4 Å². The minimum atomic E-state index is 0.0940. The molecule has 0 spiro atoms. The number of nitrogens with one attached hydrogen (secondary N) is 2. The summed E-state index contributed by atoms with van der Waals surface area (Å²) in [5, 5.41) is 8.07. The lowest BCUT2D eigenvalue weighted by Crippen LogP contribution is -2.24. The number of ether oxygens (including phenoxy) is 3. The third-order valence-electron chi connectivity index (χ3n) is 3.57. The molecule has 0 amide bonds. The Morgan fingerprint density at radius 2 is 1.16 bits per heavy atom. The van der Waals surface area contributed by atoms with E-state index in [0.29, 0.717) is 37.9 Å². The van der Waals surface area contributed by atoms with Crippen molar-refractivity contribution in [2.24, 2.45) is 21.7 Å². The van der Waals surface area contributed by atoms with Crippen molar-refractivity contribution in [1.29, 1.82) is 0 Å². The second kappa shape index (κ2) is 13.9. The fraction of sp³-hybridized carbons (Fsp3) is 0.200. The molecule has 0 aromatic heterocycles. The molecule has 0 aliphatic rings. The Balaban J connectivity index is 1.70. The Morgan fingerprint density at radius 1 is 0.742 bits per heavy atom. The van der Waals surface area contributed by atoms with Gasteiger partial charge >= 0.3 is 0 Å². The number of hydrogen-bond acceptors (Lipinski definition) is 7. The summed E-state index contributed by atoms with van der Waals surface area (Å²) < 4.78 is 17.1. The molecule has 0 fully saturated rings. The zero-order chi connectivity index (χ0) is 22.3. The Labute approximate surface area is 191 Å². The maximum Gasteiger partial charge on any atom is 0.184 e. The van der Waals surface area contributed by atoms with Crippen LogP contribution in [0.5, 0.6) is 11.5 Å². The fourth-order valence-corrected chi connectivity index (χ4v) is 2.40. The molecule has 0 aliphatic heterocycles. The molecule has 9 nitrogen and oxygen atoms in total. The molecule has 0 atom stereocenters. The maximum atomic E-state index is 5.75. The van der Waals surface area contributed by atoms with E-state index in [0.717, 1.165) is 11.1 Å². The highest BCUT2D eigenvalue weighted by Crippen LogP contribution is 2.16.